The summed E-state index contributed by atoms with van der Waals surface area (Å²) in [7, 11) is 0. The van der Waals surface area contributed by atoms with Crippen LogP contribution in [0.3, 0.4) is 0 Å². The van der Waals surface area contributed by atoms with Crippen molar-refractivity contribution in [1.82, 2.24) is 0 Å². The Labute approximate surface area is 69.4 Å². The van der Waals surface area contributed by atoms with Crippen LogP contribution in [-0.4, -0.2) is 22.5 Å². The molecule has 0 aromatic heterocycles. The molecule has 0 unspecified atom stereocenters. The normalized spacial score (nSPS) is 9.67. The van der Waals surface area contributed by atoms with Gasteiger partial charge in [0.05, 0.1) is 0 Å². The van der Waals surface area contributed by atoms with Crippen LogP contribution in [0.25, 0.3) is 0 Å². The fourth-order valence-electron chi connectivity index (χ4n) is 0.736. The monoisotopic (exact) mass is 225 g/mol. The third kappa shape index (κ3) is 1.71. The summed E-state index contributed by atoms with van der Waals surface area (Å²) in [5, 5.41) is 0. The zero-order chi connectivity index (χ0) is 6.85. The topological polar surface area (TPSA) is 0 Å². The molecule has 1 aromatic carbocycles. The Bertz CT molecular complexity index is 216. The predicted octanol–water partition coefficient (Wildman–Crippen LogP) is 1.10. The molecule has 1 aromatic rings. The summed E-state index contributed by atoms with van der Waals surface area (Å²) in [5.41, 5.74) is 2.78. The van der Waals surface area contributed by atoms with E-state index in [0.29, 0.717) is 0 Å². The van der Waals surface area contributed by atoms with Crippen LogP contribution in [0.2, 0.25) is 0 Å². The Morgan fingerprint density at radius 1 is 1.22 bits per heavy atom. The molecule has 0 amide bonds. The van der Waals surface area contributed by atoms with Crippen LogP contribution in [0.4, 0.5) is 0 Å². The summed E-state index contributed by atoms with van der Waals surface area (Å²) in [6.45, 7) is 4.29. The second-order valence-corrected chi connectivity index (χ2v) is 3.86. The van der Waals surface area contributed by atoms with Crippen LogP contribution >= 0.6 is 0 Å². The van der Waals surface area contributed by atoms with E-state index < -0.39 is 0 Å². The number of benzene rings is 1. The molecule has 45 valence electrons. The fraction of sp³-hybridized carbons (Fsp3) is 0.250. The molecule has 1 rings (SSSR count). The van der Waals surface area contributed by atoms with E-state index in [9.17, 15) is 0 Å². The van der Waals surface area contributed by atoms with E-state index in [2.05, 4.69) is 32.0 Å². The van der Waals surface area contributed by atoms with Gasteiger partial charge in [0.25, 0.3) is 0 Å². The van der Waals surface area contributed by atoms with E-state index in [4.69, 9.17) is 0 Å². The molecule has 0 saturated carbocycles. The molecule has 0 spiro atoms. The van der Waals surface area contributed by atoms with Crippen molar-refractivity contribution in [3.63, 3.8) is 0 Å². The van der Waals surface area contributed by atoms with Crippen molar-refractivity contribution in [3.8, 4) is 0 Å². The van der Waals surface area contributed by atoms with Gasteiger partial charge < -0.3 is 0 Å². The molecule has 0 N–H and O–H groups in total. The van der Waals surface area contributed by atoms with E-state index in [0.717, 1.165) is 0 Å². The van der Waals surface area contributed by atoms with Gasteiger partial charge in [-0.05, 0) is 0 Å². The molecule has 0 atom stereocenters. The van der Waals surface area contributed by atoms with Gasteiger partial charge in [0, 0.05) is 0 Å². The Kier molecular flexibility index (Phi) is 2.17. The standard InChI is InChI=1S/C8H9.Sn/c1-7-3-5-8(2)6-4-7;/h3-5H,1-2H3;. The van der Waals surface area contributed by atoms with Gasteiger partial charge in [-0.1, -0.05) is 0 Å². The molecule has 0 heterocycles. The Hall–Kier alpha value is 0.0187. The molecule has 0 fully saturated rings. The van der Waals surface area contributed by atoms with Gasteiger partial charge >= 0.3 is 69.3 Å². The van der Waals surface area contributed by atoms with Crippen molar-refractivity contribution in [2.24, 2.45) is 0 Å². The van der Waals surface area contributed by atoms with E-state index in [1.54, 1.807) is 0 Å². The molecule has 0 aliphatic rings. The number of hydrogen-bond acceptors (Lipinski definition) is 0. The molecule has 0 aliphatic heterocycles. The maximum atomic E-state index is 2.24. The number of hydrogen-bond donors (Lipinski definition) is 0. The number of rotatable bonds is 0. The fourth-order valence-corrected chi connectivity index (χ4v) is 1.62. The Morgan fingerprint density at radius 2 is 1.89 bits per heavy atom. The summed E-state index contributed by atoms with van der Waals surface area (Å²) in [6.07, 6.45) is 0. The SMILES string of the molecule is Cc1ccc(C)[c]([Sn])c1. The summed E-state index contributed by atoms with van der Waals surface area (Å²) in [6, 6.07) is 6.58. The minimum atomic E-state index is 1.37. The van der Waals surface area contributed by atoms with Gasteiger partial charge in [-0.15, -0.1) is 0 Å². The third-order valence-electron chi connectivity index (χ3n) is 1.39. The minimum absolute atomic E-state index is 1.37. The molecular formula is C8H9Sn. The summed E-state index contributed by atoms with van der Waals surface area (Å²) in [5.74, 6) is 0. The molecular weight excluding hydrogens is 215 g/mol. The van der Waals surface area contributed by atoms with Crippen molar-refractivity contribution in [3.05, 3.63) is 29.3 Å². The zero-order valence-corrected chi connectivity index (χ0v) is 8.59. The van der Waals surface area contributed by atoms with E-state index in [-0.39, 0.29) is 0 Å². The summed E-state index contributed by atoms with van der Waals surface area (Å²) < 4.78 is 1.47. The Balaban J connectivity index is 3.17. The van der Waals surface area contributed by atoms with Crippen molar-refractivity contribution in [2.45, 2.75) is 13.8 Å². The molecule has 0 bridgehead atoms. The second kappa shape index (κ2) is 2.73. The second-order valence-electron chi connectivity index (χ2n) is 2.32. The third-order valence-corrected chi connectivity index (χ3v) is 2.93. The average molecular weight is 224 g/mol. The van der Waals surface area contributed by atoms with E-state index in [1.165, 1.54) is 37.2 Å². The molecule has 3 radical (unpaired) electrons. The first-order valence-corrected chi connectivity index (χ1v) is 4.42. The van der Waals surface area contributed by atoms with Gasteiger partial charge in [-0.25, -0.2) is 0 Å². The maximum absolute atomic E-state index is 2.24. The van der Waals surface area contributed by atoms with Gasteiger partial charge in [0.2, 0.25) is 0 Å². The quantitative estimate of drug-likeness (QED) is 0.578. The van der Waals surface area contributed by atoms with Gasteiger partial charge in [-0.3, -0.25) is 0 Å². The van der Waals surface area contributed by atoms with Crippen LogP contribution in [-0.2, 0) is 0 Å². The zero-order valence-electron chi connectivity index (χ0n) is 5.73. The summed E-state index contributed by atoms with van der Waals surface area (Å²) >= 11 is 1.51. The van der Waals surface area contributed by atoms with Crippen molar-refractivity contribution in [2.75, 3.05) is 0 Å². The van der Waals surface area contributed by atoms with Crippen LogP contribution < -0.4 is 3.58 Å². The average Bonchev–Trinajstić information content (AvgIpc) is 1.80. The first-order chi connectivity index (χ1) is 4.20. The van der Waals surface area contributed by atoms with Crippen LogP contribution in [0, 0.1) is 13.8 Å². The van der Waals surface area contributed by atoms with Crippen LogP contribution in [0.1, 0.15) is 11.1 Å². The Morgan fingerprint density at radius 3 is 2.33 bits per heavy atom. The molecule has 9 heavy (non-hydrogen) atoms. The van der Waals surface area contributed by atoms with Crippen molar-refractivity contribution >= 4 is 26.1 Å². The van der Waals surface area contributed by atoms with E-state index in [1.807, 2.05) is 0 Å². The molecule has 0 aliphatic carbocycles. The van der Waals surface area contributed by atoms with Gasteiger partial charge in [0.15, 0.2) is 0 Å². The predicted molar refractivity (Wildman–Crippen MR) is 41.3 cm³/mol. The van der Waals surface area contributed by atoms with Crippen molar-refractivity contribution in [1.29, 1.82) is 0 Å². The number of aryl methyl sites for hydroxylation is 2. The molecule has 1 heteroatoms. The van der Waals surface area contributed by atoms with Gasteiger partial charge in [-0.2, -0.15) is 0 Å². The first kappa shape index (κ1) is 7.13. The van der Waals surface area contributed by atoms with Gasteiger partial charge in [0.1, 0.15) is 0 Å². The van der Waals surface area contributed by atoms with E-state index >= 15 is 0 Å². The first-order valence-electron chi connectivity index (χ1n) is 2.99. The molecule has 0 saturated heterocycles. The molecule has 0 nitrogen and oxygen atoms in total. The van der Waals surface area contributed by atoms with Crippen molar-refractivity contribution < 1.29 is 0 Å². The van der Waals surface area contributed by atoms with Crippen LogP contribution in [0.15, 0.2) is 18.2 Å². The van der Waals surface area contributed by atoms with Crippen LogP contribution in [0.5, 0.6) is 0 Å². The summed E-state index contributed by atoms with van der Waals surface area (Å²) in [4.78, 5) is 0.